The van der Waals surface area contributed by atoms with Gasteiger partial charge in [0.05, 0.1) is 18.1 Å². The molecule has 1 N–H and O–H groups in total. The molecule has 1 aliphatic rings. The van der Waals surface area contributed by atoms with Gasteiger partial charge in [-0.25, -0.2) is 0 Å². The third kappa shape index (κ3) is 5.36. The number of hydrogen-bond acceptors (Lipinski definition) is 7. The second kappa shape index (κ2) is 11.3. The molecule has 7 nitrogen and oxygen atoms in total. The zero-order chi connectivity index (χ0) is 24.0. The number of nitrogens with one attached hydrogen (secondary N) is 1. The molecule has 0 unspecified atom stereocenters. The first-order valence-electron chi connectivity index (χ1n) is 10.6. The summed E-state index contributed by atoms with van der Waals surface area (Å²) < 4.78 is 7.14. The number of benzene rings is 1. The van der Waals surface area contributed by atoms with Crippen LogP contribution < -0.4 is 10.9 Å². The topological polar surface area (TPSA) is 87.4 Å². The van der Waals surface area contributed by atoms with E-state index in [-0.39, 0.29) is 17.0 Å². The van der Waals surface area contributed by atoms with Gasteiger partial charge in [0.1, 0.15) is 21.8 Å². The minimum Gasteiger partial charge on any atom is -0.383 e. The van der Waals surface area contributed by atoms with Crippen molar-refractivity contribution in [2.45, 2.75) is 33.4 Å². The third-order valence-electron chi connectivity index (χ3n) is 5.29. The van der Waals surface area contributed by atoms with Crippen LogP contribution in [0.4, 0.5) is 5.82 Å². The fourth-order valence-corrected chi connectivity index (χ4v) is 4.87. The number of amides is 1. The Labute approximate surface area is 203 Å². The van der Waals surface area contributed by atoms with Crippen LogP contribution in [0.5, 0.6) is 0 Å². The van der Waals surface area contributed by atoms with Gasteiger partial charge in [-0.15, -0.1) is 0 Å². The molecular formula is C24H26N4O3S2. The van der Waals surface area contributed by atoms with Crippen LogP contribution in [0, 0.1) is 18.3 Å². The predicted octanol–water partition coefficient (Wildman–Crippen LogP) is 3.90. The highest BCUT2D eigenvalue weighted by atomic mass is 32.2. The molecule has 2 heterocycles. The number of ether oxygens (including phenoxy) is 1. The molecule has 1 amide bonds. The number of carbonyl (C=O) groups is 1. The van der Waals surface area contributed by atoms with E-state index in [9.17, 15) is 14.9 Å². The second-order valence-corrected chi connectivity index (χ2v) is 9.17. The summed E-state index contributed by atoms with van der Waals surface area (Å²) in [5.74, 6) is 0.381. The van der Waals surface area contributed by atoms with Crippen LogP contribution in [0.15, 0.2) is 40.0 Å². The van der Waals surface area contributed by atoms with Crippen LogP contribution in [-0.4, -0.2) is 40.0 Å². The van der Waals surface area contributed by atoms with Crippen LogP contribution in [0.3, 0.4) is 0 Å². The molecule has 0 radical (unpaired) electrons. The highest BCUT2D eigenvalue weighted by Gasteiger charge is 2.32. The van der Waals surface area contributed by atoms with Crippen molar-refractivity contribution < 1.29 is 9.53 Å². The lowest BCUT2D eigenvalue weighted by atomic mass is 10.0. The van der Waals surface area contributed by atoms with Gasteiger partial charge in [-0.2, -0.15) is 5.26 Å². The number of nitriles is 1. The maximum absolute atomic E-state index is 13.1. The summed E-state index contributed by atoms with van der Waals surface area (Å²) in [5, 5.41) is 13.1. The number of methoxy groups -OCH3 is 1. The lowest BCUT2D eigenvalue weighted by molar-refractivity contribution is -0.122. The SMILES string of the molecule is CCCn1c(NCc2ccccc2)c(/C=C2/SC(=S)N(CCOC)C2=O)c(C)c(C#N)c1=O. The molecule has 33 heavy (non-hydrogen) atoms. The average Bonchev–Trinajstić information content (AvgIpc) is 3.08. The van der Waals surface area contributed by atoms with Crippen LogP contribution in [0.1, 0.15) is 35.6 Å². The Balaban J connectivity index is 2.12. The normalized spacial score (nSPS) is 14.7. The Morgan fingerprint density at radius 1 is 1.24 bits per heavy atom. The molecule has 1 aliphatic heterocycles. The summed E-state index contributed by atoms with van der Waals surface area (Å²) in [4.78, 5) is 28.0. The van der Waals surface area contributed by atoms with E-state index in [1.165, 1.54) is 16.7 Å². The number of carbonyl (C=O) groups excluding carboxylic acids is 1. The summed E-state index contributed by atoms with van der Waals surface area (Å²) in [5.41, 5.74) is 1.97. The number of hydrogen-bond donors (Lipinski definition) is 1. The molecule has 0 bridgehead atoms. The first-order valence-corrected chi connectivity index (χ1v) is 11.8. The number of thioether (sulfide) groups is 1. The number of rotatable bonds is 9. The van der Waals surface area contributed by atoms with Crippen molar-refractivity contribution >= 4 is 46.1 Å². The molecule has 172 valence electrons. The number of pyridine rings is 1. The molecule has 1 fully saturated rings. The molecule has 3 rings (SSSR count). The van der Waals surface area contributed by atoms with Gasteiger partial charge < -0.3 is 10.1 Å². The Kier molecular flexibility index (Phi) is 8.44. The number of aromatic nitrogens is 1. The van der Waals surface area contributed by atoms with Crippen LogP contribution in [0.2, 0.25) is 0 Å². The van der Waals surface area contributed by atoms with Crippen molar-refractivity contribution in [3.63, 3.8) is 0 Å². The lowest BCUT2D eigenvalue weighted by Gasteiger charge is -2.20. The zero-order valence-electron chi connectivity index (χ0n) is 18.9. The number of nitrogens with zero attached hydrogens (tertiary/aromatic N) is 3. The average molecular weight is 483 g/mol. The number of thiocarbonyl (C=S) groups is 1. The van der Waals surface area contributed by atoms with Crippen molar-refractivity contribution in [2.24, 2.45) is 0 Å². The first-order chi connectivity index (χ1) is 15.9. The summed E-state index contributed by atoms with van der Waals surface area (Å²) in [6.07, 6.45) is 2.45. The molecule has 1 aromatic carbocycles. The third-order valence-corrected chi connectivity index (χ3v) is 6.67. The van der Waals surface area contributed by atoms with E-state index in [1.807, 2.05) is 37.3 Å². The van der Waals surface area contributed by atoms with Gasteiger partial charge in [0.25, 0.3) is 11.5 Å². The van der Waals surface area contributed by atoms with Crippen LogP contribution in [-0.2, 0) is 22.6 Å². The largest absolute Gasteiger partial charge is 0.383 e. The van der Waals surface area contributed by atoms with Crippen LogP contribution in [0.25, 0.3) is 6.08 Å². The molecule has 0 atom stereocenters. The summed E-state index contributed by atoms with van der Waals surface area (Å²) in [6, 6.07) is 11.9. The zero-order valence-corrected chi connectivity index (χ0v) is 20.5. The molecule has 2 aromatic rings. The smallest absolute Gasteiger partial charge is 0.270 e. The fourth-order valence-electron chi connectivity index (χ4n) is 3.58. The van der Waals surface area contributed by atoms with E-state index in [0.29, 0.717) is 58.8 Å². The van der Waals surface area contributed by atoms with E-state index in [0.717, 1.165) is 5.56 Å². The number of anilines is 1. The summed E-state index contributed by atoms with van der Waals surface area (Å²) in [6.45, 7) is 5.39. The van der Waals surface area contributed by atoms with Crippen molar-refractivity contribution in [2.75, 3.05) is 25.6 Å². The molecule has 0 spiro atoms. The maximum Gasteiger partial charge on any atom is 0.270 e. The van der Waals surface area contributed by atoms with Crippen molar-refractivity contribution in [3.05, 3.63) is 67.8 Å². The molecule has 9 heteroatoms. The minimum atomic E-state index is -0.336. The van der Waals surface area contributed by atoms with Gasteiger partial charge in [0.15, 0.2) is 0 Å². The van der Waals surface area contributed by atoms with Gasteiger partial charge in [0.2, 0.25) is 0 Å². The molecule has 1 aromatic heterocycles. The highest BCUT2D eigenvalue weighted by molar-refractivity contribution is 8.26. The van der Waals surface area contributed by atoms with Crippen molar-refractivity contribution in [3.8, 4) is 6.07 Å². The van der Waals surface area contributed by atoms with Gasteiger partial charge in [0, 0.05) is 25.8 Å². The van der Waals surface area contributed by atoms with Crippen molar-refractivity contribution in [1.29, 1.82) is 5.26 Å². The predicted molar refractivity (Wildman–Crippen MR) is 136 cm³/mol. The van der Waals surface area contributed by atoms with E-state index < -0.39 is 0 Å². The first kappa shape index (κ1) is 24.7. The Morgan fingerprint density at radius 2 is 1.97 bits per heavy atom. The van der Waals surface area contributed by atoms with Gasteiger partial charge in [-0.05, 0) is 30.5 Å². The second-order valence-electron chi connectivity index (χ2n) is 7.50. The highest BCUT2D eigenvalue weighted by Crippen LogP contribution is 2.35. The van der Waals surface area contributed by atoms with Gasteiger partial charge >= 0.3 is 0 Å². The summed E-state index contributed by atoms with van der Waals surface area (Å²) >= 11 is 6.60. The Bertz CT molecular complexity index is 1180. The monoisotopic (exact) mass is 482 g/mol. The Hall–Kier alpha value is -2.93. The lowest BCUT2D eigenvalue weighted by Crippen LogP contribution is -2.31. The van der Waals surface area contributed by atoms with E-state index in [2.05, 4.69) is 11.4 Å². The fraction of sp³-hybridized carbons (Fsp3) is 0.333. The quantitative estimate of drug-likeness (QED) is 0.428. The van der Waals surface area contributed by atoms with Gasteiger partial charge in [-0.3, -0.25) is 19.1 Å². The summed E-state index contributed by atoms with van der Waals surface area (Å²) in [7, 11) is 1.57. The van der Waals surface area contributed by atoms with Gasteiger partial charge in [-0.1, -0.05) is 61.2 Å². The maximum atomic E-state index is 13.1. The van der Waals surface area contributed by atoms with E-state index in [4.69, 9.17) is 17.0 Å². The van der Waals surface area contributed by atoms with Crippen LogP contribution >= 0.6 is 24.0 Å². The standard InChI is InChI=1S/C24H26N4O3S2/c1-4-10-27-21(26-15-17-8-6-5-7-9-17)18(16(2)19(14-25)22(27)29)13-20-23(30)28(11-12-31-3)24(32)33-20/h5-9,13,26H,4,10-12,15H2,1-3H3/b20-13+. The molecular weight excluding hydrogens is 456 g/mol. The molecule has 0 saturated carbocycles. The minimum absolute atomic E-state index is 0.0785. The Morgan fingerprint density at radius 3 is 2.61 bits per heavy atom. The van der Waals surface area contributed by atoms with Crippen molar-refractivity contribution in [1.82, 2.24) is 9.47 Å². The van der Waals surface area contributed by atoms with E-state index >= 15 is 0 Å². The van der Waals surface area contributed by atoms with E-state index in [1.54, 1.807) is 24.7 Å². The molecule has 1 saturated heterocycles. The molecule has 0 aliphatic carbocycles.